The summed E-state index contributed by atoms with van der Waals surface area (Å²) in [6.07, 6.45) is 11.9. The van der Waals surface area contributed by atoms with Crippen LogP contribution in [0, 0.1) is 11.7 Å². The van der Waals surface area contributed by atoms with Crippen molar-refractivity contribution in [1.82, 2.24) is 10.2 Å². The number of hydrogen-bond acceptors (Lipinski definition) is 3. The second-order valence-corrected chi connectivity index (χ2v) is 9.67. The van der Waals surface area contributed by atoms with Gasteiger partial charge in [0, 0.05) is 19.6 Å². The van der Waals surface area contributed by atoms with E-state index in [-0.39, 0.29) is 29.2 Å². The highest BCUT2D eigenvalue weighted by Gasteiger charge is 2.42. The van der Waals surface area contributed by atoms with Crippen LogP contribution in [0.2, 0.25) is 0 Å². The Bertz CT molecular complexity index is 1060. The Labute approximate surface area is 201 Å². The molecule has 3 aliphatic rings. The van der Waals surface area contributed by atoms with Gasteiger partial charge in [0.1, 0.15) is 5.82 Å². The van der Waals surface area contributed by atoms with Crippen LogP contribution in [0.1, 0.15) is 48.3 Å². The largest absolute Gasteiger partial charge is 0.365 e. The van der Waals surface area contributed by atoms with E-state index < -0.39 is 0 Å². The first-order chi connectivity index (χ1) is 16.6. The van der Waals surface area contributed by atoms with E-state index >= 15 is 0 Å². The van der Waals surface area contributed by atoms with Crippen LogP contribution in [0.3, 0.4) is 0 Å². The zero-order chi connectivity index (χ0) is 23.4. The van der Waals surface area contributed by atoms with E-state index in [0.717, 1.165) is 62.0 Å². The lowest BCUT2D eigenvalue weighted by Gasteiger charge is -2.39. The Morgan fingerprint density at radius 3 is 2.74 bits per heavy atom. The van der Waals surface area contributed by atoms with E-state index in [9.17, 15) is 9.18 Å². The van der Waals surface area contributed by atoms with Gasteiger partial charge in [-0.1, -0.05) is 60.7 Å². The number of piperidine rings is 1. The smallest absolute Gasteiger partial charge is 0.228 e. The first-order valence-corrected chi connectivity index (χ1v) is 12.5. The number of hydrogen-bond donors (Lipinski definition) is 1. The zero-order valence-corrected chi connectivity index (χ0v) is 19.6. The number of likely N-dealkylation sites (tertiary alicyclic amines) is 1. The average molecular weight is 461 g/mol. The quantitative estimate of drug-likeness (QED) is 0.587. The van der Waals surface area contributed by atoms with Gasteiger partial charge in [0.2, 0.25) is 5.91 Å². The van der Waals surface area contributed by atoms with E-state index in [0.29, 0.717) is 13.2 Å². The number of fused-ring (bicyclic) bond motifs is 2. The van der Waals surface area contributed by atoms with Crippen molar-refractivity contribution in [2.24, 2.45) is 5.92 Å². The van der Waals surface area contributed by atoms with E-state index in [1.165, 1.54) is 6.07 Å². The van der Waals surface area contributed by atoms with E-state index in [1.807, 2.05) is 36.4 Å². The number of carbonyl (C=O) groups excluding carboxylic acids is 1. The first-order valence-electron chi connectivity index (χ1n) is 12.5. The summed E-state index contributed by atoms with van der Waals surface area (Å²) in [6.45, 7) is 4.04. The number of carbonyl (C=O) groups is 1. The SMILES string of the molecule is O=C(NCCCN1CCC2(CC1)OCc1ccc(F)cc12)C(c1ccccc1)C1C=CC=CC1. The van der Waals surface area contributed by atoms with Gasteiger partial charge < -0.3 is 15.0 Å². The number of nitrogens with zero attached hydrogens (tertiary/aromatic N) is 1. The lowest BCUT2D eigenvalue weighted by molar-refractivity contribution is -0.123. The van der Waals surface area contributed by atoms with Gasteiger partial charge in [-0.3, -0.25) is 4.79 Å². The van der Waals surface area contributed by atoms with Crippen molar-refractivity contribution in [3.05, 3.63) is 95.3 Å². The molecule has 0 aromatic heterocycles. The van der Waals surface area contributed by atoms with Crippen LogP contribution in [0.4, 0.5) is 4.39 Å². The van der Waals surface area contributed by atoms with Gasteiger partial charge in [-0.15, -0.1) is 0 Å². The molecule has 2 aromatic carbocycles. The van der Waals surface area contributed by atoms with Crippen LogP contribution in [0.15, 0.2) is 72.8 Å². The monoisotopic (exact) mass is 460 g/mol. The normalized spacial score (nSPS) is 22.0. The Hall–Kier alpha value is -2.76. The van der Waals surface area contributed by atoms with Crippen LogP contribution in [-0.2, 0) is 21.7 Å². The van der Waals surface area contributed by atoms with Gasteiger partial charge in [0.15, 0.2) is 0 Å². The molecule has 2 heterocycles. The van der Waals surface area contributed by atoms with Gasteiger partial charge in [-0.25, -0.2) is 4.39 Å². The van der Waals surface area contributed by atoms with Gasteiger partial charge in [0.25, 0.3) is 0 Å². The number of rotatable bonds is 7. The zero-order valence-electron chi connectivity index (χ0n) is 19.6. The Morgan fingerprint density at radius 2 is 1.97 bits per heavy atom. The number of nitrogens with one attached hydrogen (secondary N) is 1. The Balaban J connectivity index is 1.11. The first kappa shape index (κ1) is 23.0. The molecule has 0 radical (unpaired) electrons. The molecule has 178 valence electrons. The molecule has 5 rings (SSSR count). The maximum Gasteiger partial charge on any atom is 0.228 e. The van der Waals surface area contributed by atoms with Crippen LogP contribution >= 0.6 is 0 Å². The molecule has 2 aliphatic heterocycles. The summed E-state index contributed by atoms with van der Waals surface area (Å²) in [5.74, 6) is -0.0656. The second kappa shape index (κ2) is 10.2. The highest BCUT2D eigenvalue weighted by atomic mass is 19.1. The lowest BCUT2D eigenvalue weighted by Crippen LogP contribution is -2.43. The lowest BCUT2D eigenvalue weighted by atomic mass is 9.81. The number of allylic oxidation sites excluding steroid dienone is 4. The summed E-state index contributed by atoms with van der Waals surface area (Å²) in [4.78, 5) is 15.6. The van der Waals surface area contributed by atoms with Crippen molar-refractivity contribution in [1.29, 1.82) is 0 Å². The van der Waals surface area contributed by atoms with Crippen molar-refractivity contribution < 1.29 is 13.9 Å². The van der Waals surface area contributed by atoms with Crippen molar-refractivity contribution in [2.45, 2.75) is 43.8 Å². The molecule has 2 atom stereocenters. The maximum atomic E-state index is 13.8. The van der Waals surface area contributed by atoms with Crippen LogP contribution in [0.25, 0.3) is 0 Å². The van der Waals surface area contributed by atoms with Crippen molar-refractivity contribution in [2.75, 3.05) is 26.2 Å². The molecule has 1 N–H and O–H groups in total. The predicted octanol–water partition coefficient (Wildman–Crippen LogP) is 5.07. The fourth-order valence-corrected chi connectivity index (χ4v) is 5.67. The fraction of sp³-hybridized carbons (Fsp3) is 0.414. The molecule has 2 aromatic rings. The van der Waals surface area contributed by atoms with Gasteiger partial charge in [-0.2, -0.15) is 0 Å². The molecule has 0 saturated carbocycles. The molecule has 1 fully saturated rings. The minimum Gasteiger partial charge on any atom is -0.365 e. The number of halogens is 1. The van der Waals surface area contributed by atoms with Gasteiger partial charge in [0.05, 0.1) is 18.1 Å². The highest BCUT2D eigenvalue weighted by Crippen LogP contribution is 2.44. The van der Waals surface area contributed by atoms with Crippen molar-refractivity contribution >= 4 is 5.91 Å². The molecular weight excluding hydrogens is 427 g/mol. The molecule has 1 spiro atoms. The average Bonchev–Trinajstić information content (AvgIpc) is 3.21. The Morgan fingerprint density at radius 1 is 1.15 bits per heavy atom. The predicted molar refractivity (Wildman–Crippen MR) is 132 cm³/mol. The number of amides is 1. The topological polar surface area (TPSA) is 41.6 Å². The maximum absolute atomic E-state index is 13.8. The molecular formula is C29H33FN2O2. The van der Waals surface area contributed by atoms with Crippen LogP contribution < -0.4 is 5.32 Å². The minimum atomic E-state index is -0.326. The third-order valence-electron chi connectivity index (χ3n) is 7.56. The van der Waals surface area contributed by atoms with Crippen LogP contribution in [-0.4, -0.2) is 37.0 Å². The highest BCUT2D eigenvalue weighted by molar-refractivity contribution is 5.84. The minimum absolute atomic E-state index is 0.103. The Kier molecular flexibility index (Phi) is 6.93. The molecule has 0 bridgehead atoms. The molecule has 5 heteroatoms. The van der Waals surface area contributed by atoms with Crippen molar-refractivity contribution in [3.63, 3.8) is 0 Å². The van der Waals surface area contributed by atoms with Gasteiger partial charge in [-0.05, 0) is 67.0 Å². The summed E-state index contributed by atoms with van der Waals surface area (Å²) in [7, 11) is 0. The second-order valence-electron chi connectivity index (χ2n) is 9.67. The molecule has 1 saturated heterocycles. The van der Waals surface area contributed by atoms with E-state index in [1.54, 1.807) is 6.07 Å². The molecule has 1 aliphatic carbocycles. The molecule has 2 unspecified atom stereocenters. The third-order valence-corrected chi connectivity index (χ3v) is 7.56. The van der Waals surface area contributed by atoms with E-state index in [4.69, 9.17) is 4.74 Å². The summed E-state index contributed by atoms with van der Waals surface area (Å²) >= 11 is 0. The van der Waals surface area contributed by atoms with E-state index in [2.05, 4.69) is 34.5 Å². The van der Waals surface area contributed by atoms with Crippen LogP contribution in [0.5, 0.6) is 0 Å². The van der Waals surface area contributed by atoms with Gasteiger partial charge >= 0.3 is 0 Å². The standard InChI is InChI=1S/C29H33FN2O2/c30-25-13-12-24-21-34-29(26(24)20-25)14-18-32(19-15-29)17-7-16-31-28(33)27(22-8-3-1-4-9-22)23-10-5-2-6-11-23/h1-6,8-10,12-13,20,23,27H,7,11,14-19,21H2,(H,31,33). The molecule has 4 nitrogen and oxygen atoms in total. The number of benzene rings is 2. The summed E-state index contributed by atoms with van der Waals surface area (Å²) in [6, 6.07) is 15.1. The van der Waals surface area contributed by atoms with Crippen molar-refractivity contribution in [3.8, 4) is 0 Å². The number of ether oxygens (including phenoxy) is 1. The fourth-order valence-electron chi connectivity index (χ4n) is 5.67. The third kappa shape index (κ3) is 4.86. The summed E-state index contributed by atoms with van der Waals surface area (Å²) in [5.41, 5.74) is 2.90. The summed E-state index contributed by atoms with van der Waals surface area (Å²) < 4.78 is 20.0. The molecule has 1 amide bonds. The molecule has 34 heavy (non-hydrogen) atoms. The summed E-state index contributed by atoms with van der Waals surface area (Å²) in [5, 5.41) is 3.20.